The molecule has 0 atom stereocenters. The first-order valence-electron chi connectivity index (χ1n) is 5.81. The molecule has 0 aliphatic carbocycles. The molecule has 1 heterocycles. The molecule has 0 saturated carbocycles. The number of rotatable bonds is 3. The van der Waals surface area contributed by atoms with Crippen LogP contribution in [0.4, 0.5) is 15.8 Å². The van der Waals surface area contributed by atoms with Gasteiger partial charge in [-0.15, -0.1) is 0 Å². The maximum atomic E-state index is 13.4. The molecule has 2 N–H and O–H groups in total. The van der Waals surface area contributed by atoms with E-state index >= 15 is 0 Å². The Hall–Kier alpha value is -2.43. The van der Waals surface area contributed by atoms with Crippen molar-refractivity contribution >= 4 is 17.3 Å². The van der Waals surface area contributed by atoms with Gasteiger partial charge in [0.2, 0.25) is 0 Å². The Morgan fingerprint density at radius 3 is 2.79 bits per heavy atom. The average Bonchev–Trinajstić information content (AvgIpc) is 2.43. The molecule has 0 aliphatic rings. The number of aromatic nitrogens is 1. The number of anilines is 2. The molecule has 1 aromatic heterocycles. The summed E-state index contributed by atoms with van der Waals surface area (Å²) in [4.78, 5) is 16.1. The zero-order chi connectivity index (χ0) is 13.8. The van der Waals surface area contributed by atoms with Gasteiger partial charge < -0.3 is 10.6 Å². The van der Waals surface area contributed by atoms with Gasteiger partial charge in [-0.3, -0.25) is 9.78 Å². The Labute approximate surface area is 110 Å². The predicted molar refractivity (Wildman–Crippen MR) is 72.9 cm³/mol. The van der Waals surface area contributed by atoms with Gasteiger partial charge in [0.1, 0.15) is 5.82 Å². The molecule has 0 fully saturated rings. The van der Waals surface area contributed by atoms with Crippen LogP contribution >= 0.6 is 0 Å². The van der Waals surface area contributed by atoms with E-state index in [-0.39, 0.29) is 11.7 Å². The number of amides is 1. The third-order valence-corrected chi connectivity index (χ3v) is 2.85. The van der Waals surface area contributed by atoms with E-state index in [1.165, 1.54) is 12.3 Å². The summed E-state index contributed by atoms with van der Waals surface area (Å²) in [5.41, 5.74) is 1.95. The second kappa shape index (κ2) is 5.48. The molecule has 1 aromatic carbocycles. The molecule has 19 heavy (non-hydrogen) atoms. The predicted octanol–water partition coefficient (Wildman–Crippen LogP) is 2.82. The summed E-state index contributed by atoms with van der Waals surface area (Å²) in [5, 5.41) is 5.59. The summed E-state index contributed by atoms with van der Waals surface area (Å²) >= 11 is 0. The lowest BCUT2D eigenvalue weighted by molar-refractivity contribution is 0.102. The number of carbonyl (C=O) groups is 1. The minimum atomic E-state index is -0.346. The third kappa shape index (κ3) is 2.70. The molecule has 0 aliphatic heterocycles. The SMILES string of the molecule is CNc1cnccc1C(=O)Nc1cccc(F)c1C. The number of halogens is 1. The van der Waals surface area contributed by atoms with Crippen LogP contribution in [0.3, 0.4) is 0 Å². The van der Waals surface area contributed by atoms with Crippen molar-refractivity contribution in [2.45, 2.75) is 6.92 Å². The second-order valence-corrected chi connectivity index (χ2v) is 4.04. The van der Waals surface area contributed by atoms with Gasteiger partial charge in [0, 0.05) is 24.5 Å². The van der Waals surface area contributed by atoms with Crippen LogP contribution in [0.2, 0.25) is 0 Å². The van der Waals surface area contributed by atoms with Crippen molar-refractivity contribution in [2.24, 2.45) is 0 Å². The molecule has 2 rings (SSSR count). The summed E-state index contributed by atoms with van der Waals surface area (Å²) in [5.74, 6) is -0.651. The Bertz CT molecular complexity index is 613. The molecule has 0 bridgehead atoms. The molecule has 98 valence electrons. The Morgan fingerprint density at radius 1 is 1.26 bits per heavy atom. The highest BCUT2D eigenvalue weighted by Crippen LogP contribution is 2.20. The largest absolute Gasteiger partial charge is 0.386 e. The maximum Gasteiger partial charge on any atom is 0.257 e. The zero-order valence-corrected chi connectivity index (χ0v) is 10.7. The fourth-order valence-corrected chi connectivity index (χ4v) is 1.72. The lowest BCUT2D eigenvalue weighted by atomic mass is 10.1. The lowest BCUT2D eigenvalue weighted by Gasteiger charge is -2.11. The summed E-state index contributed by atoms with van der Waals surface area (Å²) in [6.07, 6.45) is 3.10. The van der Waals surface area contributed by atoms with Gasteiger partial charge in [-0.05, 0) is 25.1 Å². The van der Waals surface area contributed by atoms with Crippen molar-refractivity contribution in [3.8, 4) is 0 Å². The molecule has 0 unspecified atom stereocenters. The minimum Gasteiger partial charge on any atom is -0.386 e. The van der Waals surface area contributed by atoms with Crippen LogP contribution in [0.25, 0.3) is 0 Å². The highest BCUT2D eigenvalue weighted by molar-refractivity contribution is 6.08. The van der Waals surface area contributed by atoms with Gasteiger partial charge >= 0.3 is 0 Å². The van der Waals surface area contributed by atoms with Crippen molar-refractivity contribution < 1.29 is 9.18 Å². The first-order chi connectivity index (χ1) is 9.13. The molecular formula is C14H14FN3O. The summed E-state index contributed by atoms with van der Waals surface area (Å²) in [7, 11) is 1.71. The lowest BCUT2D eigenvalue weighted by Crippen LogP contribution is -2.15. The Morgan fingerprint density at radius 2 is 2.05 bits per heavy atom. The number of nitrogens with one attached hydrogen (secondary N) is 2. The third-order valence-electron chi connectivity index (χ3n) is 2.85. The van der Waals surface area contributed by atoms with Gasteiger partial charge in [0.05, 0.1) is 17.4 Å². The van der Waals surface area contributed by atoms with Crippen molar-refractivity contribution in [3.63, 3.8) is 0 Å². The molecule has 0 spiro atoms. The maximum absolute atomic E-state index is 13.4. The quantitative estimate of drug-likeness (QED) is 0.891. The normalized spacial score (nSPS) is 10.1. The molecule has 5 heteroatoms. The van der Waals surface area contributed by atoms with E-state index in [1.807, 2.05) is 0 Å². The highest BCUT2D eigenvalue weighted by Gasteiger charge is 2.12. The van der Waals surface area contributed by atoms with Crippen LogP contribution in [-0.2, 0) is 0 Å². The van der Waals surface area contributed by atoms with E-state index in [1.54, 1.807) is 38.4 Å². The smallest absolute Gasteiger partial charge is 0.257 e. The van der Waals surface area contributed by atoms with E-state index in [0.29, 0.717) is 22.5 Å². The van der Waals surface area contributed by atoms with E-state index in [0.717, 1.165) is 0 Å². The van der Waals surface area contributed by atoms with E-state index < -0.39 is 0 Å². The monoisotopic (exact) mass is 259 g/mol. The minimum absolute atomic E-state index is 0.305. The van der Waals surface area contributed by atoms with Crippen molar-refractivity contribution in [3.05, 3.63) is 53.6 Å². The molecule has 2 aromatic rings. The molecule has 1 amide bonds. The number of pyridine rings is 1. The Kier molecular flexibility index (Phi) is 3.75. The van der Waals surface area contributed by atoms with Crippen molar-refractivity contribution in [1.82, 2.24) is 4.98 Å². The molecule has 4 nitrogen and oxygen atoms in total. The number of hydrogen-bond acceptors (Lipinski definition) is 3. The topological polar surface area (TPSA) is 54.0 Å². The van der Waals surface area contributed by atoms with Crippen molar-refractivity contribution in [1.29, 1.82) is 0 Å². The molecule has 0 radical (unpaired) electrons. The number of nitrogens with zero attached hydrogens (tertiary/aromatic N) is 1. The van der Waals surface area contributed by atoms with Crippen LogP contribution in [0.15, 0.2) is 36.7 Å². The van der Waals surface area contributed by atoms with Crippen LogP contribution in [-0.4, -0.2) is 17.9 Å². The standard InChI is InChI=1S/C14H14FN3O/c1-9-11(15)4-3-5-12(9)18-14(19)10-6-7-17-8-13(10)16-2/h3-8,16H,1-2H3,(H,18,19). The fraction of sp³-hybridized carbons (Fsp3) is 0.143. The zero-order valence-electron chi connectivity index (χ0n) is 10.7. The fourth-order valence-electron chi connectivity index (χ4n) is 1.72. The summed E-state index contributed by atoms with van der Waals surface area (Å²) < 4.78 is 13.4. The molecular weight excluding hydrogens is 245 g/mol. The van der Waals surface area contributed by atoms with Crippen LogP contribution < -0.4 is 10.6 Å². The van der Waals surface area contributed by atoms with Gasteiger partial charge in [-0.2, -0.15) is 0 Å². The second-order valence-electron chi connectivity index (χ2n) is 4.04. The van der Waals surface area contributed by atoms with Crippen LogP contribution in [0.1, 0.15) is 15.9 Å². The van der Waals surface area contributed by atoms with E-state index in [2.05, 4.69) is 15.6 Å². The van der Waals surface area contributed by atoms with E-state index in [4.69, 9.17) is 0 Å². The van der Waals surface area contributed by atoms with Gasteiger partial charge in [-0.25, -0.2) is 4.39 Å². The van der Waals surface area contributed by atoms with Gasteiger partial charge in [-0.1, -0.05) is 6.07 Å². The van der Waals surface area contributed by atoms with Gasteiger partial charge in [0.15, 0.2) is 0 Å². The summed E-state index contributed by atoms with van der Waals surface area (Å²) in [6, 6.07) is 6.19. The highest BCUT2D eigenvalue weighted by atomic mass is 19.1. The van der Waals surface area contributed by atoms with E-state index in [9.17, 15) is 9.18 Å². The average molecular weight is 259 g/mol. The van der Waals surface area contributed by atoms with Crippen molar-refractivity contribution in [2.75, 3.05) is 17.7 Å². The number of hydrogen-bond donors (Lipinski definition) is 2. The number of carbonyl (C=O) groups excluding carboxylic acids is 1. The number of benzene rings is 1. The summed E-state index contributed by atoms with van der Waals surface area (Å²) in [6.45, 7) is 1.62. The van der Waals surface area contributed by atoms with Gasteiger partial charge in [0.25, 0.3) is 5.91 Å². The first-order valence-corrected chi connectivity index (χ1v) is 5.81. The first kappa shape index (κ1) is 13.0. The van der Waals surface area contributed by atoms with Crippen LogP contribution in [0.5, 0.6) is 0 Å². The molecule has 0 saturated heterocycles. The Balaban J connectivity index is 2.28. The van der Waals surface area contributed by atoms with Crippen LogP contribution in [0, 0.1) is 12.7 Å².